The second kappa shape index (κ2) is 8.30. The Morgan fingerprint density at radius 3 is 2.26 bits per heavy atom. The van der Waals surface area contributed by atoms with Gasteiger partial charge < -0.3 is 15.0 Å². The Bertz CT molecular complexity index is 720. The molecule has 1 N–H and O–H groups in total. The zero-order valence-electron chi connectivity index (χ0n) is 15.3. The highest BCUT2D eigenvalue weighted by atomic mass is 16.5. The van der Waals surface area contributed by atoms with E-state index in [0.717, 1.165) is 4.90 Å². The second-order valence-electron chi connectivity index (χ2n) is 6.71. The number of methoxy groups -OCH3 is 1. The molecule has 144 valence electrons. The van der Waals surface area contributed by atoms with Crippen molar-refractivity contribution in [2.45, 2.75) is 25.3 Å². The molecule has 0 bridgehead atoms. The molecule has 27 heavy (non-hydrogen) atoms. The van der Waals surface area contributed by atoms with Crippen LogP contribution in [0.4, 0.5) is 0 Å². The van der Waals surface area contributed by atoms with Crippen LogP contribution in [0.3, 0.4) is 0 Å². The predicted molar refractivity (Wildman–Crippen MR) is 96.0 cm³/mol. The number of amides is 4. The molecule has 0 radical (unpaired) electrons. The maximum absolute atomic E-state index is 12.3. The van der Waals surface area contributed by atoms with Gasteiger partial charge in [-0.2, -0.15) is 0 Å². The van der Waals surface area contributed by atoms with E-state index in [0.29, 0.717) is 37.1 Å². The van der Waals surface area contributed by atoms with Crippen molar-refractivity contribution < 1.29 is 23.9 Å². The van der Waals surface area contributed by atoms with Crippen LogP contribution in [0.5, 0.6) is 0 Å². The summed E-state index contributed by atoms with van der Waals surface area (Å²) in [4.78, 5) is 51.4. The Balaban J connectivity index is 1.44. The van der Waals surface area contributed by atoms with Gasteiger partial charge in [-0.25, -0.2) is 0 Å². The van der Waals surface area contributed by atoms with Gasteiger partial charge in [-0.3, -0.25) is 24.1 Å². The van der Waals surface area contributed by atoms with Gasteiger partial charge in [0.2, 0.25) is 11.8 Å². The van der Waals surface area contributed by atoms with Crippen molar-refractivity contribution >= 4 is 23.6 Å². The van der Waals surface area contributed by atoms with E-state index < -0.39 is 0 Å². The molecule has 8 nitrogen and oxygen atoms in total. The minimum absolute atomic E-state index is 0.00808. The number of carbonyl (C=O) groups is 4. The second-order valence-corrected chi connectivity index (χ2v) is 6.71. The Morgan fingerprint density at radius 1 is 1.11 bits per heavy atom. The van der Waals surface area contributed by atoms with Crippen LogP contribution in [0, 0.1) is 0 Å². The lowest BCUT2D eigenvalue weighted by Crippen LogP contribution is -2.47. The summed E-state index contributed by atoms with van der Waals surface area (Å²) >= 11 is 0. The van der Waals surface area contributed by atoms with Crippen molar-refractivity contribution in [3.8, 4) is 0 Å². The number of imide groups is 1. The lowest BCUT2D eigenvalue weighted by Gasteiger charge is -2.32. The summed E-state index contributed by atoms with van der Waals surface area (Å²) in [6.07, 6.45) is 1.41. The average molecular weight is 373 g/mol. The first-order valence-electron chi connectivity index (χ1n) is 9.02. The van der Waals surface area contributed by atoms with Gasteiger partial charge in [0.15, 0.2) is 0 Å². The van der Waals surface area contributed by atoms with E-state index in [1.165, 1.54) is 7.11 Å². The summed E-state index contributed by atoms with van der Waals surface area (Å²) in [5, 5.41) is 2.93. The fraction of sp³-hybridized carbons (Fsp3) is 0.474. The van der Waals surface area contributed by atoms with Crippen LogP contribution in [0.15, 0.2) is 24.3 Å². The van der Waals surface area contributed by atoms with Crippen LogP contribution < -0.4 is 5.32 Å². The van der Waals surface area contributed by atoms with E-state index in [4.69, 9.17) is 4.74 Å². The lowest BCUT2D eigenvalue weighted by atomic mass is 10.0. The van der Waals surface area contributed by atoms with Crippen molar-refractivity contribution in [1.82, 2.24) is 15.1 Å². The van der Waals surface area contributed by atoms with E-state index in [2.05, 4.69) is 5.32 Å². The van der Waals surface area contributed by atoms with Crippen molar-refractivity contribution in [1.29, 1.82) is 0 Å². The normalized spacial score (nSPS) is 17.2. The molecule has 8 heteroatoms. The fourth-order valence-corrected chi connectivity index (χ4v) is 3.44. The molecular formula is C19H23N3O5. The number of nitrogens with one attached hydrogen (secondary N) is 1. The molecule has 1 saturated heterocycles. The molecule has 2 aliphatic rings. The number of nitrogens with zero attached hydrogens (tertiary/aromatic N) is 2. The SMILES string of the molecule is COCC(=O)N1CCC(NC(=O)CCN2C(=O)c3ccccc3C2=O)CC1. The van der Waals surface area contributed by atoms with E-state index in [9.17, 15) is 19.2 Å². The van der Waals surface area contributed by atoms with Crippen LogP contribution in [0.2, 0.25) is 0 Å². The number of benzene rings is 1. The minimum Gasteiger partial charge on any atom is -0.375 e. The summed E-state index contributed by atoms with van der Waals surface area (Å²) < 4.78 is 4.85. The van der Waals surface area contributed by atoms with E-state index in [-0.39, 0.29) is 49.2 Å². The van der Waals surface area contributed by atoms with Crippen LogP contribution in [0.25, 0.3) is 0 Å². The molecule has 2 aliphatic heterocycles. The monoisotopic (exact) mass is 373 g/mol. The van der Waals surface area contributed by atoms with Gasteiger partial charge in [0.25, 0.3) is 11.8 Å². The van der Waals surface area contributed by atoms with Crippen LogP contribution in [-0.2, 0) is 14.3 Å². The number of piperidine rings is 1. The molecule has 1 aromatic rings. The first-order valence-corrected chi connectivity index (χ1v) is 9.02. The number of fused-ring (bicyclic) bond motifs is 1. The number of hydrogen-bond acceptors (Lipinski definition) is 5. The number of hydrogen-bond donors (Lipinski definition) is 1. The summed E-state index contributed by atoms with van der Waals surface area (Å²) in [5.74, 6) is -0.956. The molecule has 0 aliphatic carbocycles. The van der Waals surface area contributed by atoms with Crippen molar-refractivity contribution in [3.05, 3.63) is 35.4 Å². The summed E-state index contributed by atoms with van der Waals surface area (Å²) in [6.45, 7) is 1.28. The summed E-state index contributed by atoms with van der Waals surface area (Å²) in [7, 11) is 1.49. The first-order chi connectivity index (χ1) is 13.0. The van der Waals surface area contributed by atoms with Gasteiger partial charge in [-0.15, -0.1) is 0 Å². The third kappa shape index (κ3) is 4.16. The molecule has 3 rings (SSSR count). The number of likely N-dealkylation sites (tertiary alicyclic amines) is 1. The summed E-state index contributed by atoms with van der Waals surface area (Å²) in [6, 6.07) is 6.66. The molecule has 0 spiro atoms. The van der Waals surface area contributed by atoms with Crippen LogP contribution >= 0.6 is 0 Å². The number of ether oxygens (including phenoxy) is 1. The standard InChI is InChI=1S/C19H23N3O5/c1-27-12-17(24)21-9-6-13(7-10-21)20-16(23)8-11-22-18(25)14-4-2-3-5-15(14)19(22)26/h2-5,13H,6-12H2,1H3,(H,20,23). The zero-order valence-corrected chi connectivity index (χ0v) is 15.3. The Hall–Kier alpha value is -2.74. The van der Waals surface area contributed by atoms with Gasteiger partial charge in [0.05, 0.1) is 11.1 Å². The predicted octanol–water partition coefficient (Wildman–Crippen LogP) is 0.426. The van der Waals surface area contributed by atoms with Crippen LogP contribution in [-0.4, -0.2) is 72.8 Å². The number of carbonyl (C=O) groups excluding carboxylic acids is 4. The molecule has 0 saturated carbocycles. The van der Waals surface area contributed by atoms with Gasteiger partial charge in [0.1, 0.15) is 6.61 Å². The van der Waals surface area contributed by atoms with Gasteiger partial charge in [-0.1, -0.05) is 12.1 Å². The maximum Gasteiger partial charge on any atom is 0.261 e. The van der Waals surface area contributed by atoms with Crippen molar-refractivity contribution in [2.75, 3.05) is 33.4 Å². The average Bonchev–Trinajstić information content (AvgIpc) is 2.92. The number of rotatable bonds is 6. The van der Waals surface area contributed by atoms with E-state index >= 15 is 0 Å². The Labute approximate surface area is 157 Å². The van der Waals surface area contributed by atoms with Gasteiger partial charge in [-0.05, 0) is 25.0 Å². The molecule has 1 aromatic carbocycles. The molecule has 2 heterocycles. The molecule has 0 unspecified atom stereocenters. The minimum atomic E-state index is -0.353. The van der Waals surface area contributed by atoms with Gasteiger partial charge >= 0.3 is 0 Å². The van der Waals surface area contributed by atoms with Crippen molar-refractivity contribution in [2.24, 2.45) is 0 Å². The quantitative estimate of drug-likeness (QED) is 0.730. The molecule has 1 fully saturated rings. The maximum atomic E-state index is 12.3. The Morgan fingerprint density at radius 2 is 1.70 bits per heavy atom. The molecule has 4 amide bonds. The van der Waals surface area contributed by atoms with Crippen LogP contribution in [0.1, 0.15) is 40.0 Å². The van der Waals surface area contributed by atoms with Gasteiger partial charge in [0, 0.05) is 39.2 Å². The topological polar surface area (TPSA) is 96.0 Å². The third-order valence-corrected chi connectivity index (χ3v) is 4.92. The van der Waals surface area contributed by atoms with E-state index in [1.54, 1.807) is 29.2 Å². The zero-order chi connectivity index (χ0) is 19.4. The third-order valence-electron chi connectivity index (χ3n) is 4.92. The highest BCUT2D eigenvalue weighted by Crippen LogP contribution is 2.22. The highest BCUT2D eigenvalue weighted by molar-refractivity contribution is 6.21. The molecule has 0 aromatic heterocycles. The molecular weight excluding hydrogens is 350 g/mol. The molecule has 0 atom stereocenters. The fourth-order valence-electron chi connectivity index (χ4n) is 3.44. The van der Waals surface area contributed by atoms with E-state index in [1.807, 2.05) is 0 Å². The van der Waals surface area contributed by atoms with Crippen molar-refractivity contribution in [3.63, 3.8) is 0 Å². The highest BCUT2D eigenvalue weighted by Gasteiger charge is 2.35. The summed E-state index contributed by atoms with van der Waals surface area (Å²) in [5.41, 5.74) is 0.770. The Kier molecular flexibility index (Phi) is 5.85. The first kappa shape index (κ1) is 19.0. The largest absolute Gasteiger partial charge is 0.375 e. The lowest BCUT2D eigenvalue weighted by molar-refractivity contribution is -0.136. The smallest absolute Gasteiger partial charge is 0.261 e.